The summed E-state index contributed by atoms with van der Waals surface area (Å²) in [5.74, 6) is -0.293. The highest BCUT2D eigenvalue weighted by Gasteiger charge is 2.32. The van der Waals surface area contributed by atoms with Crippen LogP contribution < -0.4 is 9.47 Å². The van der Waals surface area contributed by atoms with Crippen molar-refractivity contribution < 1.29 is 27.9 Å². The summed E-state index contributed by atoms with van der Waals surface area (Å²) >= 11 is 0. The molecule has 0 radical (unpaired) electrons. The van der Waals surface area contributed by atoms with Crippen LogP contribution in [0, 0.1) is 0 Å². The summed E-state index contributed by atoms with van der Waals surface area (Å²) in [7, 11) is 1.31. The first-order valence-corrected chi connectivity index (χ1v) is 4.07. The minimum Gasteiger partial charge on any atom is -0.497 e. The first kappa shape index (κ1) is 12.2. The Morgan fingerprint density at radius 2 is 2.06 bits per heavy atom. The maximum atomic E-state index is 12.0. The van der Waals surface area contributed by atoms with Crippen molar-refractivity contribution in [1.82, 2.24) is 0 Å². The molecule has 0 saturated heterocycles. The largest absolute Gasteiger partial charge is 0.573 e. The molecule has 4 nitrogen and oxygen atoms in total. The lowest BCUT2D eigenvalue weighted by atomic mass is 10.2. The molecular weight excluding hydrogens is 227 g/mol. The lowest BCUT2D eigenvalue weighted by molar-refractivity contribution is -0.274. The third-order valence-electron chi connectivity index (χ3n) is 1.64. The zero-order valence-electron chi connectivity index (χ0n) is 8.15. The van der Waals surface area contributed by atoms with Crippen LogP contribution in [0.15, 0.2) is 23.4 Å². The smallest absolute Gasteiger partial charge is 0.497 e. The maximum Gasteiger partial charge on any atom is 0.573 e. The fourth-order valence-electron chi connectivity index (χ4n) is 1.02. The summed E-state index contributed by atoms with van der Waals surface area (Å²) in [5, 5.41) is 10.9. The van der Waals surface area contributed by atoms with Crippen molar-refractivity contribution in [2.45, 2.75) is 6.36 Å². The molecule has 0 unspecified atom stereocenters. The Balaban J connectivity index is 3.10. The van der Waals surface area contributed by atoms with Gasteiger partial charge >= 0.3 is 6.36 Å². The van der Waals surface area contributed by atoms with Gasteiger partial charge in [0.25, 0.3) is 0 Å². The van der Waals surface area contributed by atoms with Gasteiger partial charge in [0, 0.05) is 11.6 Å². The lowest BCUT2D eigenvalue weighted by Crippen LogP contribution is -2.18. The van der Waals surface area contributed by atoms with E-state index in [0.717, 1.165) is 12.3 Å². The van der Waals surface area contributed by atoms with Crippen LogP contribution in [-0.2, 0) is 0 Å². The van der Waals surface area contributed by atoms with E-state index in [1.54, 1.807) is 0 Å². The van der Waals surface area contributed by atoms with E-state index in [2.05, 4.69) is 9.89 Å². The number of halogens is 3. The van der Waals surface area contributed by atoms with Crippen LogP contribution in [0.5, 0.6) is 11.5 Å². The molecule has 0 spiro atoms. The Kier molecular flexibility index (Phi) is 3.60. The topological polar surface area (TPSA) is 51.0 Å². The summed E-state index contributed by atoms with van der Waals surface area (Å²) in [5.41, 5.74) is -0.0133. The van der Waals surface area contributed by atoms with Crippen molar-refractivity contribution >= 4 is 6.21 Å². The molecule has 1 N–H and O–H groups in total. The first-order chi connectivity index (χ1) is 7.46. The Morgan fingerprint density at radius 1 is 1.38 bits per heavy atom. The van der Waals surface area contributed by atoms with Crippen molar-refractivity contribution in [3.8, 4) is 11.5 Å². The molecule has 0 atom stereocenters. The van der Waals surface area contributed by atoms with Crippen LogP contribution >= 0.6 is 0 Å². The fourth-order valence-corrected chi connectivity index (χ4v) is 1.02. The number of oxime groups is 1. The van der Waals surface area contributed by atoms with Gasteiger partial charge < -0.3 is 14.7 Å². The van der Waals surface area contributed by atoms with E-state index in [0.29, 0.717) is 0 Å². The average Bonchev–Trinajstić information content (AvgIpc) is 2.18. The molecule has 1 aromatic carbocycles. The van der Waals surface area contributed by atoms with Gasteiger partial charge in [0.15, 0.2) is 0 Å². The number of rotatable bonds is 3. The van der Waals surface area contributed by atoms with E-state index in [9.17, 15) is 13.2 Å². The van der Waals surface area contributed by atoms with Crippen LogP contribution in [0.25, 0.3) is 0 Å². The first-order valence-electron chi connectivity index (χ1n) is 4.07. The number of alkyl halides is 3. The lowest BCUT2D eigenvalue weighted by Gasteiger charge is -2.12. The maximum absolute atomic E-state index is 12.0. The molecule has 0 bridgehead atoms. The van der Waals surface area contributed by atoms with Crippen LogP contribution in [-0.4, -0.2) is 24.9 Å². The van der Waals surface area contributed by atoms with Crippen molar-refractivity contribution in [2.75, 3.05) is 7.11 Å². The van der Waals surface area contributed by atoms with Gasteiger partial charge in [-0.3, -0.25) is 0 Å². The molecule has 0 saturated carbocycles. The van der Waals surface area contributed by atoms with Crippen molar-refractivity contribution in [2.24, 2.45) is 5.16 Å². The van der Waals surface area contributed by atoms with E-state index in [-0.39, 0.29) is 11.3 Å². The normalized spacial score (nSPS) is 11.8. The van der Waals surface area contributed by atoms with Crippen LogP contribution in [0.2, 0.25) is 0 Å². The second-order valence-electron chi connectivity index (χ2n) is 2.70. The number of benzene rings is 1. The number of nitrogens with zero attached hydrogens (tertiary/aromatic N) is 1. The number of hydrogen-bond donors (Lipinski definition) is 1. The van der Waals surface area contributed by atoms with Gasteiger partial charge in [0.05, 0.1) is 13.3 Å². The molecule has 0 aliphatic heterocycles. The van der Waals surface area contributed by atoms with E-state index in [1.807, 2.05) is 0 Å². The minimum atomic E-state index is -4.82. The summed E-state index contributed by atoms with van der Waals surface area (Å²) in [4.78, 5) is 0. The molecule has 88 valence electrons. The van der Waals surface area contributed by atoms with Gasteiger partial charge in [-0.15, -0.1) is 13.2 Å². The molecular formula is C9H8F3NO3. The average molecular weight is 235 g/mol. The number of methoxy groups -OCH3 is 1. The predicted octanol–water partition coefficient (Wildman–Crippen LogP) is 2.40. The van der Waals surface area contributed by atoms with Crippen molar-refractivity contribution in [3.63, 3.8) is 0 Å². The molecule has 0 aliphatic rings. The summed E-state index contributed by atoms with van der Waals surface area (Å²) < 4.78 is 44.6. The van der Waals surface area contributed by atoms with Crippen molar-refractivity contribution in [1.29, 1.82) is 0 Å². The van der Waals surface area contributed by atoms with Gasteiger partial charge in [0.2, 0.25) is 0 Å². The molecule has 1 aromatic rings. The highest BCUT2D eigenvalue weighted by atomic mass is 19.4. The van der Waals surface area contributed by atoms with E-state index < -0.39 is 12.1 Å². The highest BCUT2D eigenvalue weighted by Crippen LogP contribution is 2.29. The Morgan fingerprint density at radius 3 is 2.56 bits per heavy atom. The second-order valence-corrected chi connectivity index (χ2v) is 2.70. The quantitative estimate of drug-likeness (QED) is 0.497. The fraction of sp³-hybridized carbons (Fsp3) is 0.222. The standard InChI is InChI=1S/C9H8F3NO3/c1-15-7-3-2-6(5-13-14)8(4-7)16-9(10,11)12/h2-5,14H,1H3/b13-5+. The van der Waals surface area contributed by atoms with Crippen LogP contribution in [0.4, 0.5) is 13.2 Å². The van der Waals surface area contributed by atoms with E-state index in [1.165, 1.54) is 19.2 Å². The Bertz CT molecular complexity index is 390. The van der Waals surface area contributed by atoms with Crippen molar-refractivity contribution in [3.05, 3.63) is 23.8 Å². The molecule has 7 heteroatoms. The molecule has 0 aromatic heterocycles. The van der Waals surface area contributed by atoms with Gasteiger partial charge in [-0.05, 0) is 12.1 Å². The van der Waals surface area contributed by atoms with Gasteiger partial charge in [-0.1, -0.05) is 5.16 Å². The zero-order valence-corrected chi connectivity index (χ0v) is 8.15. The third-order valence-corrected chi connectivity index (χ3v) is 1.64. The Labute approximate surface area is 88.9 Å². The number of hydrogen-bond acceptors (Lipinski definition) is 4. The highest BCUT2D eigenvalue weighted by molar-refractivity contribution is 5.83. The monoisotopic (exact) mass is 235 g/mol. The van der Waals surface area contributed by atoms with Gasteiger partial charge in [-0.25, -0.2) is 0 Å². The molecule has 1 rings (SSSR count). The van der Waals surface area contributed by atoms with Gasteiger partial charge in [-0.2, -0.15) is 0 Å². The molecule has 16 heavy (non-hydrogen) atoms. The Hall–Kier alpha value is -1.92. The SMILES string of the molecule is COc1ccc(/C=N/O)c(OC(F)(F)F)c1. The third kappa shape index (κ3) is 3.34. The summed E-state index contributed by atoms with van der Waals surface area (Å²) in [6.07, 6.45) is -3.98. The summed E-state index contributed by atoms with van der Waals surface area (Å²) in [6, 6.07) is 3.74. The zero-order chi connectivity index (χ0) is 12.2. The molecule has 0 fully saturated rings. The van der Waals surface area contributed by atoms with E-state index in [4.69, 9.17) is 9.94 Å². The summed E-state index contributed by atoms with van der Waals surface area (Å²) in [6.45, 7) is 0. The predicted molar refractivity (Wildman–Crippen MR) is 49.1 cm³/mol. The molecule has 0 amide bonds. The van der Waals surface area contributed by atoms with Crippen LogP contribution in [0.3, 0.4) is 0 Å². The van der Waals surface area contributed by atoms with Crippen LogP contribution in [0.1, 0.15) is 5.56 Å². The second kappa shape index (κ2) is 4.73. The number of ether oxygens (including phenoxy) is 2. The van der Waals surface area contributed by atoms with E-state index >= 15 is 0 Å². The molecule has 0 heterocycles. The van der Waals surface area contributed by atoms with Gasteiger partial charge in [0.1, 0.15) is 11.5 Å². The minimum absolute atomic E-state index is 0.0133. The molecule has 0 aliphatic carbocycles.